The van der Waals surface area contributed by atoms with Crippen LogP contribution in [0, 0.1) is 18.8 Å². The van der Waals surface area contributed by atoms with E-state index in [1.165, 1.54) is 0 Å². The molecule has 0 atom stereocenters. The van der Waals surface area contributed by atoms with Gasteiger partial charge in [0, 0.05) is 28.6 Å². The topological polar surface area (TPSA) is 54.3 Å². The Morgan fingerprint density at radius 1 is 1.50 bits per heavy atom. The minimum atomic E-state index is -0.144. The van der Waals surface area contributed by atoms with E-state index >= 15 is 0 Å². The lowest BCUT2D eigenvalue weighted by Gasteiger charge is -2.05. The summed E-state index contributed by atoms with van der Waals surface area (Å²) in [5.74, 6) is 5.35. The first-order chi connectivity index (χ1) is 9.61. The fourth-order valence-electron chi connectivity index (χ4n) is 1.78. The van der Waals surface area contributed by atoms with Gasteiger partial charge in [0.25, 0.3) is 5.91 Å². The molecule has 0 aliphatic carbocycles. The van der Waals surface area contributed by atoms with Crippen LogP contribution in [-0.2, 0) is 13.6 Å². The first kappa shape index (κ1) is 14.4. The Morgan fingerprint density at radius 3 is 2.95 bits per heavy atom. The van der Waals surface area contributed by atoms with E-state index in [1.54, 1.807) is 11.3 Å². The molecule has 2 aromatic rings. The number of carbonyl (C=O) groups is 1. The highest BCUT2D eigenvalue weighted by molar-refractivity contribution is 7.10. The van der Waals surface area contributed by atoms with Crippen LogP contribution in [0.25, 0.3) is 0 Å². The predicted molar refractivity (Wildman–Crippen MR) is 79.6 cm³/mol. The maximum absolute atomic E-state index is 12.0. The van der Waals surface area contributed by atoms with Crippen LogP contribution in [0.3, 0.4) is 0 Å². The van der Waals surface area contributed by atoms with Crippen LogP contribution < -0.4 is 5.32 Å². The summed E-state index contributed by atoms with van der Waals surface area (Å²) in [7, 11) is 1.87. The molecule has 2 heterocycles. The maximum atomic E-state index is 12.0. The normalized spacial score (nSPS) is 9.95. The van der Waals surface area contributed by atoms with Crippen LogP contribution >= 0.6 is 11.3 Å². The molecule has 4 nitrogen and oxygen atoms in total. The van der Waals surface area contributed by atoms with E-state index in [4.69, 9.17) is 5.11 Å². The molecule has 1 amide bonds. The number of hydrogen-bond donors (Lipinski definition) is 2. The van der Waals surface area contributed by atoms with Gasteiger partial charge in [0.05, 0.1) is 6.54 Å². The molecule has 5 heteroatoms. The highest BCUT2D eigenvalue weighted by Gasteiger charge is 2.10. The Labute approximate surface area is 122 Å². The SMILES string of the molecule is Cc1ccc(C(=O)NCc2cc(C#CCO)cs2)n1C. The van der Waals surface area contributed by atoms with Crippen LogP contribution in [0.2, 0.25) is 0 Å². The molecule has 2 rings (SSSR count). The van der Waals surface area contributed by atoms with Gasteiger partial charge in [0.2, 0.25) is 0 Å². The smallest absolute Gasteiger partial charge is 0.268 e. The molecule has 0 bridgehead atoms. The zero-order valence-corrected chi connectivity index (χ0v) is 12.3. The lowest BCUT2D eigenvalue weighted by Crippen LogP contribution is -2.24. The predicted octanol–water partition coefficient (Wildman–Crippen LogP) is 1.67. The molecular formula is C15H16N2O2S. The molecule has 0 unspecified atom stereocenters. The van der Waals surface area contributed by atoms with Crippen molar-refractivity contribution in [2.24, 2.45) is 7.05 Å². The number of aliphatic hydroxyl groups excluding tert-OH is 1. The molecular weight excluding hydrogens is 272 g/mol. The monoisotopic (exact) mass is 288 g/mol. The second kappa shape index (κ2) is 6.42. The van der Waals surface area contributed by atoms with E-state index in [2.05, 4.69) is 17.2 Å². The molecule has 0 fully saturated rings. The van der Waals surface area contributed by atoms with Crippen molar-refractivity contribution in [2.45, 2.75) is 13.5 Å². The van der Waals surface area contributed by atoms with E-state index in [1.807, 2.05) is 42.1 Å². The summed E-state index contributed by atoms with van der Waals surface area (Å²) in [5, 5.41) is 13.4. The number of carbonyl (C=O) groups excluding carboxylic acids is 1. The minimum absolute atomic E-state index is 0.0861. The van der Waals surface area contributed by atoms with Gasteiger partial charge in [0.15, 0.2) is 0 Å². The first-order valence-corrected chi connectivity index (χ1v) is 7.07. The van der Waals surface area contributed by atoms with Crippen molar-refractivity contribution >= 4 is 17.2 Å². The number of hydrogen-bond acceptors (Lipinski definition) is 3. The van der Waals surface area contributed by atoms with Crippen molar-refractivity contribution in [3.63, 3.8) is 0 Å². The van der Waals surface area contributed by atoms with Gasteiger partial charge in [0.1, 0.15) is 12.3 Å². The quantitative estimate of drug-likeness (QED) is 0.844. The average Bonchev–Trinajstić information content (AvgIpc) is 3.02. The highest BCUT2D eigenvalue weighted by Crippen LogP contribution is 2.14. The van der Waals surface area contributed by atoms with Crippen LogP contribution in [0.4, 0.5) is 0 Å². The fraction of sp³-hybridized carbons (Fsp3) is 0.267. The molecule has 0 aliphatic rings. The molecule has 0 saturated carbocycles. The zero-order valence-electron chi connectivity index (χ0n) is 11.4. The van der Waals surface area contributed by atoms with Gasteiger partial charge in [-0.1, -0.05) is 11.8 Å². The average molecular weight is 288 g/mol. The summed E-state index contributed by atoms with van der Waals surface area (Å²) in [6, 6.07) is 5.66. The number of rotatable bonds is 3. The Kier molecular flexibility index (Phi) is 4.61. The molecule has 0 saturated heterocycles. The van der Waals surface area contributed by atoms with Crippen LogP contribution in [-0.4, -0.2) is 22.2 Å². The fourth-order valence-corrected chi connectivity index (χ4v) is 2.54. The van der Waals surface area contributed by atoms with Crippen molar-refractivity contribution in [1.82, 2.24) is 9.88 Å². The maximum Gasteiger partial charge on any atom is 0.268 e. The van der Waals surface area contributed by atoms with Gasteiger partial charge >= 0.3 is 0 Å². The molecule has 2 aromatic heterocycles. The van der Waals surface area contributed by atoms with Gasteiger partial charge < -0.3 is 15.0 Å². The highest BCUT2D eigenvalue weighted by atomic mass is 32.1. The van der Waals surface area contributed by atoms with Crippen molar-refractivity contribution in [2.75, 3.05) is 6.61 Å². The minimum Gasteiger partial charge on any atom is -0.384 e. The van der Waals surface area contributed by atoms with E-state index in [0.29, 0.717) is 12.2 Å². The number of amides is 1. The lowest BCUT2D eigenvalue weighted by molar-refractivity contribution is 0.0943. The van der Waals surface area contributed by atoms with Crippen LogP contribution in [0.5, 0.6) is 0 Å². The zero-order chi connectivity index (χ0) is 14.5. The van der Waals surface area contributed by atoms with Crippen molar-refractivity contribution in [3.8, 4) is 11.8 Å². The third kappa shape index (κ3) is 3.29. The van der Waals surface area contributed by atoms with Crippen LogP contribution in [0.1, 0.15) is 26.6 Å². The summed E-state index contributed by atoms with van der Waals surface area (Å²) in [6.45, 7) is 2.30. The van der Waals surface area contributed by atoms with Crippen molar-refractivity contribution in [3.05, 3.63) is 45.4 Å². The molecule has 0 aromatic carbocycles. The van der Waals surface area contributed by atoms with Crippen molar-refractivity contribution < 1.29 is 9.90 Å². The first-order valence-electron chi connectivity index (χ1n) is 6.19. The largest absolute Gasteiger partial charge is 0.384 e. The Bertz CT molecular complexity index is 674. The summed E-state index contributed by atoms with van der Waals surface area (Å²) >= 11 is 1.54. The van der Waals surface area contributed by atoms with Gasteiger partial charge in [-0.05, 0) is 25.1 Å². The second-order valence-corrected chi connectivity index (χ2v) is 5.36. The van der Waals surface area contributed by atoms with Gasteiger partial charge in [-0.25, -0.2) is 0 Å². The standard InChI is InChI=1S/C15H16N2O2S/c1-11-5-6-14(17(11)2)15(19)16-9-13-8-12(10-20-13)4-3-7-18/h5-6,8,10,18H,7,9H2,1-2H3,(H,16,19). The second-order valence-electron chi connectivity index (χ2n) is 4.36. The third-order valence-corrected chi connectivity index (χ3v) is 3.93. The Hall–Kier alpha value is -2.03. The number of aryl methyl sites for hydroxylation is 1. The van der Waals surface area contributed by atoms with Gasteiger partial charge in [-0.3, -0.25) is 4.79 Å². The molecule has 0 aliphatic heterocycles. The van der Waals surface area contributed by atoms with E-state index in [9.17, 15) is 4.79 Å². The lowest BCUT2D eigenvalue weighted by atomic mass is 10.3. The number of thiophene rings is 1. The molecule has 0 spiro atoms. The summed E-state index contributed by atoms with van der Waals surface area (Å²) in [5.41, 5.74) is 2.56. The number of nitrogens with one attached hydrogen (secondary N) is 1. The molecule has 20 heavy (non-hydrogen) atoms. The van der Waals surface area contributed by atoms with Gasteiger partial charge in [-0.2, -0.15) is 0 Å². The van der Waals surface area contributed by atoms with Crippen molar-refractivity contribution in [1.29, 1.82) is 0 Å². The van der Waals surface area contributed by atoms with Crippen LogP contribution in [0.15, 0.2) is 23.6 Å². The summed E-state index contributed by atoms with van der Waals surface area (Å²) in [6.07, 6.45) is 0. The van der Waals surface area contributed by atoms with E-state index in [0.717, 1.165) is 16.1 Å². The summed E-state index contributed by atoms with van der Waals surface area (Å²) in [4.78, 5) is 13.1. The third-order valence-electron chi connectivity index (χ3n) is 2.99. The Morgan fingerprint density at radius 2 is 2.30 bits per heavy atom. The number of nitrogens with zero attached hydrogens (tertiary/aromatic N) is 1. The van der Waals surface area contributed by atoms with Gasteiger partial charge in [-0.15, -0.1) is 11.3 Å². The Balaban J connectivity index is 1.97. The molecule has 2 N–H and O–H groups in total. The number of aromatic nitrogens is 1. The summed E-state index contributed by atoms with van der Waals surface area (Å²) < 4.78 is 1.86. The number of aliphatic hydroxyl groups is 1. The molecule has 104 valence electrons. The van der Waals surface area contributed by atoms with E-state index < -0.39 is 0 Å². The molecule has 0 radical (unpaired) electrons. The van der Waals surface area contributed by atoms with E-state index in [-0.39, 0.29) is 12.5 Å².